The quantitative estimate of drug-likeness (QED) is 0.850. The second-order valence-corrected chi connectivity index (χ2v) is 5.93. The number of carbonyl (C=O) groups excluding carboxylic acids is 1. The van der Waals surface area contributed by atoms with Crippen LogP contribution in [0.5, 0.6) is 5.75 Å². The van der Waals surface area contributed by atoms with Gasteiger partial charge in [-0.2, -0.15) is 0 Å². The third-order valence-corrected chi connectivity index (χ3v) is 3.89. The van der Waals surface area contributed by atoms with Crippen molar-refractivity contribution in [2.75, 3.05) is 26.3 Å². The molecule has 0 bridgehead atoms. The Kier molecular flexibility index (Phi) is 5.23. The number of aromatic nitrogens is 2. The zero-order valence-corrected chi connectivity index (χ0v) is 14.2. The third-order valence-electron chi connectivity index (χ3n) is 3.89. The van der Waals surface area contributed by atoms with Crippen LogP contribution in [0.1, 0.15) is 23.3 Å². The summed E-state index contributed by atoms with van der Waals surface area (Å²) in [6.07, 6.45) is -0.371. The maximum Gasteiger partial charge on any atom is 0.260 e. The van der Waals surface area contributed by atoms with E-state index in [-0.39, 0.29) is 24.4 Å². The highest BCUT2D eigenvalue weighted by Crippen LogP contribution is 2.21. The number of carbonyl (C=O) groups is 1. The Labute approximate surface area is 145 Å². The molecule has 1 saturated heterocycles. The Bertz CT molecular complexity index is 749. The molecule has 1 aromatic carbocycles. The van der Waals surface area contributed by atoms with Crippen LogP contribution in [0, 0.1) is 19.7 Å². The van der Waals surface area contributed by atoms with Crippen molar-refractivity contribution in [3.63, 3.8) is 0 Å². The largest absolute Gasteiger partial charge is 0.481 e. The predicted molar refractivity (Wildman–Crippen MR) is 88.7 cm³/mol. The minimum absolute atomic E-state index is 0.0679. The molecule has 0 saturated carbocycles. The van der Waals surface area contributed by atoms with E-state index in [2.05, 4.69) is 9.97 Å². The molecule has 0 unspecified atom stereocenters. The van der Waals surface area contributed by atoms with E-state index in [0.29, 0.717) is 25.5 Å². The summed E-state index contributed by atoms with van der Waals surface area (Å²) >= 11 is 0. The lowest BCUT2D eigenvalue weighted by Gasteiger charge is -2.32. The normalized spacial score (nSPS) is 17.4. The Morgan fingerprint density at radius 3 is 2.76 bits per heavy atom. The minimum atomic E-state index is -0.487. The standard InChI is InChI=1S/C18H20FN3O3/c1-12-9-13(2)21-18(20-12)16-10-22(7-8-24-16)17(23)11-25-15-6-4-3-5-14(15)19/h3-6,9,16H,7-8,10-11H2,1-2H3/t16-/m0/s1. The van der Waals surface area contributed by atoms with Crippen LogP contribution in [0.3, 0.4) is 0 Å². The van der Waals surface area contributed by atoms with Crippen LogP contribution in [0.25, 0.3) is 0 Å². The molecule has 0 radical (unpaired) electrons. The lowest BCUT2D eigenvalue weighted by molar-refractivity contribution is -0.141. The molecule has 132 valence electrons. The molecule has 1 aliphatic heterocycles. The minimum Gasteiger partial charge on any atom is -0.481 e. The number of morpholine rings is 1. The van der Waals surface area contributed by atoms with Gasteiger partial charge in [0, 0.05) is 17.9 Å². The zero-order chi connectivity index (χ0) is 17.8. The van der Waals surface area contributed by atoms with Crippen molar-refractivity contribution in [1.29, 1.82) is 0 Å². The summed E-state index contributed by atoms with van der Waals surface area (Å²) in [5.41, 5.74) is 1.72. The molecule has 1 atom stereocenters. The number of ether oxygens (including phenoxy) is 2. The molecule has 1 aliphatic rings. The van der Waals surface area contributed by atoms with Crippen LogP contribution in [0.2, 0.25) is 0 Å². The van der Waals surface area contributed by atoms with Crippen LogP contribution in [0.15, 0.2) is 30.3 Å². The number of hydrogen-bond donors (Lipinski definition) is 0. The van der Waals surface area contributed by atoms with Crippen molar-refractivity contribution in [1.82, 2.24) is 14.9 Å². The highest BCUT2D eigenvalue weighted by Gasteiger charge is 2.27. The van der Waals surface area contributed by atoms with Crippen LogP contribution < -0.4 is 4.74 Å². The maximum atomic E-state index is 13.6. The Hall–Kier alpha value is -2.54. The summed E-state index contributed by atoms with van der Waals surface area (Å²) < 4.78 is 24.6. The molecule has 0 N–H and O–H groups in total. The number of hydrogen-bond acceptors (Lipinski definition) is 5. The van der Waals surface area contributed by atoms with Crippen molar-refractivity contribution in [2.24, 2.45) is 0 Å². The fourth-order valence-electron chi connectivity index (χ4n) is 2.72. The van der Waals surface area contributed by atoms with Gasteiger partial charge in [-0.3, -0.25) is 4.79 Å². The van der Waals surface area contributed by atoms with Crippen LogP contribution in [0.4, 0.5) is 4.39 Å². The second-order valence-electron chi connectivity index (χ2n) is 5.93. The van der Waals surface area contributed by atoms with E-state index in [4.69, 9.17) is 9.47 Å². The van der Waals surface area contributed by atoms with Gasteiger partial charge in [0.15, 0.2) is 24.0 Å². The first-order valence-corrected chi connectivity index (χ1v) is 8.12. The average Bonchev–Trinajstić information content (AvgIpc) is 2.60. The molecule has 0 aliphatic carbocycles. The fraction of sp³-hybridized carbons (Fsp3) is 0.389. The molecule has 0 spiro atoms. The number of aryl methyl sites for hydroxylation is 2. The SMILES string of the molecule is Cc1cc(C)nc([C@@H]2CN(C(=O)COc3ccccc3F)CCO2)n1. The first-order valence-electron chi connectivity index (χ1n) is 8.12. The van der Waals surface area contributed by atoms with Gasteiger partial charge < -0.3 is 14.4 Å². The molecule has 25 heavy (non-hydrogen) atoms. The molecule has 1 aromatic heterocycles. The van der Waals surface area contributed by atoms with Crippen molar-refractivity contribution in [3.8, 4) is 5.75 Å². The predicted octanol–water partition coefficient (Wildman–Crippen LogP) is 2.21. The van der Waals surface area contributed by atoms with Crippen LogP contribution in [-0.4, -0.2) is 47.1 Å². The first kappa shape index (κ1) is 17.3. The van der Waals surface area contributed by atoms with Gasteiger partial charge in [0.2, 0.25) is 0 Å². The van der Waals surface area contributed by atoms with E-state index >= 15 is 0 Å². The fourth-order valence-corrected chi connectivity index (χ4v) is 2.72. The van der Waals surface area contributed by atoms with Gasteiger partial charge in [0.1, 0.15) is 6.10 Å². The summed E-state index contributed by atoms with van der Waals surface area (Å²) in [6.45, 7) is 4.77. The van der Waals surface area contributed by atoms with Crippen molar-refractivity contribution < 1.29 is 18.7 Å². The molecular formula is C18H20FN3O3. The van der Waals surface area contributed by atoms with E-state index in [1.807, 2.05) is 19.9 Å². The van der Waals surface area contributed by atoms with Crippen LogP contribution in [-0.2, 0) is 9.53 Å². The summed E-state index contributed by atoms with van der Waals surface area (Å²) in [7, 11) is 0. The molecular weight excluding hydrogens is 325 g/mol. The number of nitrogens with zero attached hydrogens (tertiary/aromatic N) is 3. The number of rotatable bonds is 4. The van der Waals surface area contributed by atoms with Gasteiger partial charge in [-0.05, 0) is 32.0 Å². The maximum absolute atomic E-state index is 13.6. The van der Waals surface area contributed by atoms with E-state index in [1.165, 1.54) is 12.1 Å². The van der Waals surface area contributed by atoms with E-state index in [1.54, 1.807) is 17.0 Å². The van der Waals surface area contributed by atoms with Crippen molar-refractivity contribution in [2.45, 2.75) is 20.0 Å². The summed E-state index contributed by atoms with van der Waals surface area (Å²) in [5.74, 6) is -0.0666. The molecule has 7 heteroatoms. The highest BCUT2D eigenvalue weighted by atomic mass is 19.1. The monoisotopic (exact) mass is 345 g/mol. The summed E-state index contributed by atoms with van der Waals surface area (Å²) in [5, 5.41) is 0. The third kappa shape index (κ3) is 4.30. The molecule has 2 aromatic rings. The smallest absolute Gasteiger partial charge is 0.260 e. The first-order chi connectivity index (χ1) is 12.0. The van der Waals surface area contributed by atoms with Gasteiger partial charge >= 0.3 is 0 Å². The zero-order valence-electron chi connectivity index (χ0n) is 14.2. The number of para-hydroxylation sites is 1. The average molecular weight is 345 g/mol. The molecule has 2 heterocycles. The number of amides is 1. The van der Waals surface area contributed by atoms with E-state index < -0.39 is 5.82 Å². The lowest BCUT2D eigenvalue weighted by Crippen LogP contribution is -2.44. The molecule has 3 rings (SSSR count). The molecule has 1 amide bonds. The van der Waals surface area contributed by atoms with Gasteiger partial charge in [0.25, 0.3) is 5.91 Å². The lowest BCUT2D eigenvalue weighted by atomic mass is 10.2. The van der Waals surface area contributed by atoms with Crippen molar-refractivity contribution >= 4 is 5.91 Å². The van der Waals surface area contributed by atoms with Gasteiger partial charge in [-0.1, -0.05) is 12.1 Å². The number of halogens is 1. The van der Waals surface area contributed by atoms with Gasteiger partial charge in [-0.15, -0.1) is 0 Å². The van der Waals surface area contributed by atoms with Crippen LogP contribution >= 0.6 is 0 Å². The highest BCUT2D eigenvalue weighted by molar-refractivity contribution is 5.77. The van der Waals surface area contributed by atoms with Gasteiger partial charge in [-0.25, -0.2) is 14.4 Å². The van der Waals surface area contributed by atoms with Gasteiger partial charge in [0.05, 0.1) is 13.2 Å². The van der Waals surface area contributed by atoms with E-state index in [0.717, 1.165) is 11.4 Å². The Morgan fingerprint density at radius 2 is 2.04 bits per heavy atom. The van der Waals surface area contributed by atoms with E-state index in [9.17, 15) is 9.18 Å². The second kappa shape index (κ2) is 7.57. The Morgan fingerprint density at radius 1 is 1.32 bits per heavy atom. The molecule has 1 fully saturated rings. The number of benzene rings is 1. The Balaban J connectivity index is 1.62. The molecule has 6 nitrogen and oxygen atoms in total. The summed E-state index contributed by atoms with van der Waals surface area (Å²) in [4.78, 5) is 22.8. The van der Waals surface area contributed by atoms with Crippen molar-refractivity contribution in [3.05, 3.63) is 53.4 Å². The summed E-state index contributed by atoms with van der Waals surface area (Å²) in [6, 6.07) is 7.90. The topological polar surface area (TPSA) is 64.6 Å².